The van der Waals surface area contributed by atoms with Gasteiger partial charge < -0.3 is 24.3 Å². The summed E-state index contributed by atoms with van der Waals surface area (Å²) in [6, 6.07) is 6.07. The third-order valence-corrected chi connectivity index (χ3v) is 3.82. The Bertz CT molecular complexity index is 432. The van der Waals surface area contributed by atoms with Gasteiger partial charge in [-0.1, -0.05) is 6.07 Å². The van der Waals surface area contributed by atoms with E-state index in [1.165, 1.54) is 0 Å². The number of hydrogen-bond acceptors (Lipinski definition) is 5. The molecule has 1 aliphatic rings. The van der Waals surface area contributed by atoms with E-state index in [2.05, 4.69) is 5.32 Å². The van der Waals surface area contributed by atoms with E-state index in [-0.39, 0.29) is 6.04 Å². The van der Waals surface area contributed by atoms with Crippen molar-refractivity contribution in [3.05, 3.63) is 23.8 Å². The molecule has 1 fully saturated rings. The number of rotatable bonds is 8. The average molecular weight is 295 g/mol. The first kappa shape index (κ1) is 16.1. The van der Waals surface area contributed by atoms with Crippen LogP contribution in [0.15, 0.2) is 18.2 Å². The van der Waals surface area contributed by atoms with E-state index in [4.69, 9.17) is 18.9 Å². The summed E-state index contributed by atoms with van der Waals surface area (Å²) in [5.74, 6) is 2.01. The van der Waals surface area contributed by atoms with E-state index in [1.54, 1.807) is 14.2 Å². The zero-order valence-corrected chi connectivity index (χ0v) is 13.1. The third-order valence-electron chi connectivity index (χ3n) is 3.82. The molecule has 0 aliphatic carbocycles. The van der Waals surface area contributed by atoms with Crippen LogP contribution < -0.4 is 14.8 Å². The molecule has 2 rings (SSSR count). The molecule has 1 N–H and O–H groups in total. The lowest BCUT2D eigenvalue weighted by Crippen LogP contribution is -2.23. The van der Waals surface area contributed by atoms with Gasteiger partial charge in [0, 0.05) is 12.5 Å². The molecule has 0 saturated carbocycles. The highest BCUT2D eigenvalue weighted by atomic mass is 16.5. The molecule has 1 aromatic carbocycles. The van der Waals surface area contributed by atoms with Crippen molar-refractivity contribution in [1.29, 1.82) is 0 Å². The Kier molecular flexibility index (Phi) is 6.29. The lowest BCUT2D eigenvalue weighted by atomic mass is 10.1. The third kappa shape index (κ3) is 4.33. The van der Waals surface area contributed by atoms with E-state index in [0.717, 1.165) is 43.3 Å². The molecule has 0 spiro atoms. The quantitative estimate of drug-likeness (QED) is 0.795. The first-order chi connectivity index (χ1) is 10.3. The Morgan fingerprint density at radius 2 is 2.10 bits per heavy atom. The Morgan fingerprint density at radius 3 is 2.71 bits per heavy atom. The van der Waals surface area contributed by atoms with Gasteiger partial charge in [0.05, 0.1) is 40.1 Å². The van der Waals surface area contributed by atoms with Crippen molar-refractivity contribution >= 4 is 0 Å². The van der Waals surface area contributed by atoms with E-state index >= 15 is 0 Å². The SMILES string of the molecule is CNC(COCC1CCOC1)c1ccc(OC)c(OC)c1. The normalized spacial score (nSPS) is 19.5. The van der Waals surface area contributed by atoms with Crippen LogP contribution >= 0.6 is 0 Å². The number of likely N-dealkylation sites (N-methyl/N-ethyl adjacent to an activating group) is 1. The molecule has 21 heavy (non-hydrogen) atoms. The van der Waals surface area contributed by atoms with Crippen molar-refractivity contribution in [2.45, 2.75) is 12.5 Å². The highest BCUT2D eigenvalue weighted by Crippen LogP contribution is 2.30. The van der Waals surface area contributed by atoms with Crippen LogP contribution in [0.2, 0.25) is 0 Å². The lowest BCUT2D eigenvalue weighted by molar-refractivity contribution is 0.0757. The predicted molar refractivity (Wildman–Crippen MR) is 81.1 cm³/mol. The van der Waals surface area contributed by atoms with Crippen LogP contribution in [0.3, 0.4) is 0 Å². The highest BCUT2D eigenvalue weighted by Gasteiger charge is 2.17. The fraction of sp³-hybridized carbons (Fsp3) is 0.625. The van der Waals surface area contributed by atoms with Gasteiger partial charge >= 0.3 is 0 Å². The van der Waals surface area contributed by atoms with Gasteiger partial charge in [0.25, 0.3) is 0 Å². The summed E-state index contributed by atoms with van der Waals surface area (Å²) in [4.78, 5) is 0. The maximum atomic E-state index is 5.84. The Morgan fingerprint density at radius 1 is 1.29 bits per heavy atom. The molecule has 0 aromatic heterocycles. The van der Waals surface area contributed by atoms with Crippen LogP contribution in [0.1, 0.15) is 18.0 Å². The standard InChI is InChI=1S/C16H25NO4/c1-17-14(11-21-10-12-6-7-20-9-12)13-4-5-15(18-2)16(8-13)19-3/h4-5,8,12,14,17H,6-7,9-11H2,1-3H3. The van der Waals surface area contributed by atoms with Crippen molar-refractivity contribution in [3.63, 3.8) is 0 Å². The van der Waals surface area contributed by atoms with Crippen LogP contribution in [0.25, 0.3) is 0 Å². The number of ether oxygens (including phenoxy) is 4. The van der Waals surface area contributed by atoms with Crippen molar-refractivity contribution < 1.29 is 18.9 Å². The molecule has 5 nitrogen and oxygen atoms in total. The summed E-state index contributed by atoms with van der Waals surface area (Å²) in [7, 11) is 5.22. The maximum Gasteiger partial charge on any atom is 0.161 e. The zero-order valence-electron chi connectivity index (χ0n) is 13.1. The van der Waals surface area contributed by atoms with Crippen LogP contribution in [0.5, 0.6) is 11.5 Å². The predicted octanol–water partition coefficient (Wildman–Crippen LogP) is 2.02. The molecular formula is C16H25NO4. The van der Waals surface area contributed by atoms with Gasteiger partial charge in [-0.25, -0.2) is 0 Å². The largest absolute Gasteiger partial charge is 0.493 e. The molecule has 0 amide bonds. The number of hydrogen-bond donors (Lipinski definition) is 1. The number of methoxy groups -OCH3 is 2. The fourth-order valence-corrected chi connectivity index (χ4v) is 2.48. The second kappa shape index (κ2) is 8.22. The molecule has 1 aromatic rings. The Labute approximate surface area is 126 Å². The van der Waals surface area contributed by atoms with Crippen LogP contribution in [-0.4, -0.2) is 47.7 Å². The number of nitrogens with one attached hydrogen (secondary N) is 1. The molecule has 1 saturated heterocycles. The molecule has 1 aliphatic heterocycles. The van der Waals surface area contributed by atoms with Gasteiger partial charge in [-0.05, 0) is 31.2 Å². The molecule has 5 heteroatoms. The van der Waals surface area contributed by atoms with Gasteiger partial charge in [-0.3, -0.25) is 0 Å². The minimum Gasteiger partial charge on any atom is -0.493 e. The van der Waals surface area contributed by atoms with Crippen molar-refractivity contribution in [2.75, 3.05) is 47.7 Å². The first-order valence-electron chi connectivity index (χ1n) is 7.33. The van der Waals surface area contributed by atoms with Crippen molar-refractivity contribution in [2.24, 2.45) is 5.92 Å². The average Bonchev–Trinajstić information content (AvgIpc) is 3.04. The highest BCUT2D eigenvalue weighted by molar-refractivity contribution is 5.43. The van der Waals surface area contributed by atoms with Gasteiger partial charge in [0.15, 0.2) is 11.5 Å². The van der Waals surface area contributed by atoms with Gasteiger partial charge in [-0.15, -0.1) is 0 Å². The summed E-state index contributed by atoms with van der Waals surface area (Å²) in [6.07, 6.45) is 1.10. The fourth-order valence-electron chi connectivity index (χ4n) is 2.48. The smallest absolute Gasteiger partial charge is 0.161 e. The van der Waals surface area contributed by atoms with Gasteiger partial charge in [-0.2, -0.15) is 0 Å². The second-order valence-corrected chi connectivity index (χ2v) is 5.22. The van der Waals surface area contributed by atoms with E-state index in [9.17, 15) is 0 Å². The lowest BCUT2D eigenvalue weighted by Gasteiger charge is -2.19. The zero-order chi connectivity index (χ0) is 15.1. The van der Waals surface area contributed by atoms with Crippen molar-refractivity contribution in [3.8, 4) is 11.5 Å². The van der Waals surface area contributed by atoms with E-state index in [1.807, 2.05) is 25.2 Å². The molecule has 118 valence electrons. The summed E-state index contributed by atoms with van der Waals surface area (Å²) >= 11 is 0. The second-order valence-electron chi connectivity index (χ2n) is 5.22. The molecular weight excluding hydrogens is 270 g/mol. The first-order valence-corrected chi connectivity index (χ1v) is 7.33. The minimum atomic E-state index is 0.132. The molecule has 2 unspecified atom stereocenters. The van der Waals surface area contributed by atoms with E-state index < -0.39 is 0 Å². The van der Waals surface area contributed by atoms with Crippen LogP contribution in [0.4, 0.5) is 0 Å². The molecule has 2 atom stereocenters. The van der Waals surface area contributed by atoms with Crippen molar-refractivity contribution in [1.82, 2.24) is 5.32 Å². The Hall–Kier alpha value is -1.30. The summed E-state index contributed by atoms with van der Waals surface area (Å²) in [6.45, 7) is 3.06. The maximum absolute atomic E-state index is 5.84. The van der Waals surface area contributed by atoms with Crippen LogP contribution in [-0.2, 0) is 9.47 Å². The van der Waals surface area contributed by atoms with Gasteiger partial charge in [0.2, 0.25) is 0 Å². The van der Waals surface area contributed by atoms with E-state index in [0.29, 0.717) is 12.5 Å². The Balaban J connectivity index is 1.92. The minimum absolute atomic E-state index is 0.132. The topological polar surface area (TPSA) is 49.0 Å². The molecule has 1 heterocycles. The summed E-state index contributed by atoms with van der Waals surface area (Å²) in [5, 5.41) is 3.28. The monoisotopic (exact) mass is 295 g/mol. The summed E-state index contributed by atoms with van der Waals surface area (Å²) < 4.78 is 21.8. The number of benzene rings is 1. The molecule has 0 bridgehead atoms. The molecule has 0 radical (unpaired) electrons. The van der Waals surface area contributed by atoms with Crippen LogP contribution in [0, 0.1) is 5.92 Å². The van der Waals surface area contributed by atoms with Gasteiger partial charge in [0.1, 0.15) is 0 Å². The summed E-state index contributed by atoms with van der Waals surface area (Å²) in [5.41, 5.74) is 1.12.